The van der Waals surface area contributed by atoms with Gasteiger partial charge in [-0.3, -0.25) is 9.69 Å². The second kappa shape index (κ2) is 11.1. The molecule has 1 fully saturated rings. The first-order chi connectivity index (χ1) is 14.9. The Morgan fingerprint density at radius 3 is 2.45 bits per heavy atom. The van der Waals surface area contributed by atoms with Gasteiger partial charge in [0.2, 0.25) is 0 Å². The Morgan fingerprint density at radius 2 is 1.77 bits per heavy atom. The average molecular weight is 429 g/mol. The van der Waals surface area contributed by atoms with Crippen LogP contribution in [-0.2, 0) is 4.79 Å². The molecule has 0 saturated carbocycles. The highest BCUT2D eigenvalue weighted by Gasteiger charge is 2.24. The molecule has 0 aromatic heterocycles. The predicted molar refractivity (Wildman–Crippen MR) is 121 cm³/mol. The summed E-state index contributed by atoms with van der Waals surface area (Å²) in [6.07, 6.45) is -0.569. The lowest BCUT2D eigenvalue weighted by Gasteiger charge is -2.32. The van der Waals surface area contributed by atoms with E-state index < -0.39 is 6.10 Å². The van der Waals surface area contributed by atoms with Crippen molar-refractivity contribution in [1.82, 2.24) is 4.90 Å². The van der Waals surface area contributed by atoms with Crippen molar-refractivity contribution in [3.8, 4) is 11.5 Å². The molecule has 0 spiro atoms. The van der Waals surface area contributed by atoms with Crippen LogP contribution in [-0.4, -0.2) is 75.0 Å². The number of hydrogen-bond donors (Lipinski definition) is 3. The number of hydrogen-bond acceptors (Lipinski definition) is 5. The normalized spacial score (nSPS) is 16.0. The van der Waals surface area contributed by atoms with Gasteiger partial charge >= 0.3 is 0 Å². The number of nitrogens with zero attached hydrogens (tertiary/aromatic N) is 1. The van der Waals surface area contributed by atoms with Crippen LogP contribution in [0.2, 0.25) is 0 Å². The standard InChI is InChI=1S/C24H33N3O4/c1-18-6-4-7-19(2)24(18)25-23(29)16-27-12-10-26(11-13-27)15-20(28)17-31-22-9-5-8-21(14-22)30-3/h4-9,14,20,28H,10-13,15-17H2,1-3H3,(H,25,29)/p+1/t20-/m1/s1. The third-order valence-corrected chi connectivity index (χ3v) is 5.67. The summed E-state index contributed by atoms with van der Waals surface area (Å²) in [7, 11) is 1.61. The number of para-hydroxylation sites is 1. The maximum absolute atomic E-state index is 12.5. The minimum Gasteiger partial charge on any atom is -0.497 e. The maximum atomic E-state index is 12.5. The molecule has 0 bridgehead atoms. The van der Waals surface area contributed by atoms with Gasteiger partial charge in [-0.1, -0.05) is 24.3 Å². The van der Waals surface area contributed by atoms with Gasteiger partial charge in [0.25, 0.3) is 5.91 Å². The van der Waals surface area contributed by atoms with Gasteiger partial charge in [0.1, 0.15) is 24.2 Å². The molecular weight excluding hydrogens is 394 g/mol. The van der Waals surface area contributed by atoms with Gasteiger partial charge in [-0.25, -0.2) is 0 Å². The van der Waals surface area contributed by atoms with Crippen molar-refractivity contribution in [1.29, 1.82) is 0 Å². The molecule has 1 heterocycles. The Kier molecular flexibility index (Phi) is 8.28. The smallest absolute Gasteiger partial charge is 0.279 e. The minimum absolute atomic E-state index is 0.0487. The van der Waals surface area contributed by atoms with Crippen molar-refractivity contribution in [2.24, 2.45) is 0 Å². The fourth-order valence-corrected chi connectivity index (χ4v) is 3.89. The van der Waals surface area contributed by atoms with E-state index in [0.29, 0.717) is 18.8 Å². The van der Waals surface area contributed by atoms with Crippen LogP contribution in [0.4, 0.5) is 5.69 Å². The number of rotatable bonds is 9. The number of nitrogens with one attached hydrogen (secondary N) is 2. The van der Waals surface area contributed by atoms with Crippen LogP contribution in [0, 0.1) is 13.8 Å². The van der Waals surface area contributed by atoms with Crippen LogP contribution in [0.25, 0.3) is 0 Å². The molecule has 1 amide bonds. The molecule has 0 aliphatic carbocycles. The third-order valence-electron chi connectivity index (χ3n) is 5.67. The van der Waals surface area contributed by atoms with E-state index in [-0.39, 0.29) is 12.5 Å². The zero-order valence-electron chi connectivity index (χ0n) is 18.7. The second-order valence-electron chi connectivity index (χ2n) is 8.19. The Bertz CT molecular complexity index is 845. The van der Waals surface area contributed by atoms with Gasteiger partial charge in [0.15, 0.2) is 6.54 Å². The molecule has 0 radical (unpaired) electrons. The molecule has 0 unspecified atom stereocenters. The van der Waals surface area contributed by atoms with Crippen molar-refractivity contribution in [3.05, 3.63) is 53.6 Å². The summed E-state index contributed by atoms with van der Waals surface area (Å²) in [5.74, 6) is 1.46. The zero-order chi connectivity index (χ0) is 22.2. The Balaban J connectivity index is 1.37. The molecule has 3 N–H and O–H groups in total. The minimum atomic E-state index is -0.569. The number of quaternary nitrogens is 1. The maximum Gasteiger partial charge on any atom is 0.279 e. The van der Waals surface area contributed by atoms with Crippen LogP contribution in [0.1, 0.15) is 11.1 Å². The van der Waals surface area contributed by atoms with E-state index in [9.17, 15) is 9.90 Å². The lowest BCUT2D eigenvalue weighted by atomic mass is 10.1. The number of aryl methyl sites for hydroxylation is 2. The van der Waals surface area contributed by atoms with Crippen molar-refractivity contribution >= 4 is 11.6 Å². The molecule has 1 saturated heterocycles. The van der Waals surface area contributed by atoms with Gasteiger partial charge < -0.3 is 24.8 Å². The molecule has 168 valence electrons. The number of benzene rings is 2. The van der Waals surface area contributed by atoms with E-state index in [1.807, 2.05) is 50.2 Å². The SMILES string of the molecule is COc1cccc(OC[C@H](O)CN2CC[NH+](CC(=O)Nc3c(C)cccc3C)CC2)c1. The van der Waals surface area contributed by atoms with Crippen LogP contribution in [0.5, 0.6) is 11.5 Å². The number of carbonyl (C=O) groups is 1. The summed E-state index contributed by atoms with van der Waals surface area (Å²) in [6, 6.07) is 13.4. The van der Waals surface area contributed by atoms with Gasteiger partial charge in [0, 0.05) is 31.4 Å². The number of amides is 1. The Labute approximate surface area is 184 Å². The van der Waals surface area contributed by atoms with Gasteiger partial charge in [-0.2, -0.15) is 0 Å². The first-order valence-corrected chi connectivity index (χ1v) is 10.8. The van der Waals surface area contributed by atoms with Crippen molar-refractivity contribution in [2.45, 2.75) is 20.0 Å². The average Bonchev–Trinajstić information content (AvgIpc) is 2.76. The number of piperazine rings is 1. The highest BCUT2D eigenvalue weighted by molar-refractivity contribution is 5.93. The number of ether oxygens (including phenoxy) is 2. The molecule has 1 aliphatic heterocycles. The molecule has 1 aliphatic rings. The third kappa shape index (κ3) is 6.95. The first-order valence-electron chi connectivity index (χ1n) is 10.8. The Hall–Kier alpha value is -2.61. The number of β-amino-alcohol motifs (C(OH)–C–C–N with tert-alkyl or cyclic N) is 1. The number of anilines is 1. The molecule has 3 rings (SSSR count). The summed E-state index contributed by atoms with van der Waals surface area (Å²) in [5, 5.41) is 13.4. The number of aliphatic hydroxyl groups excluding tert-OH is 1. The van der Waals surface area contributed by atoms with Crippen molar-refractivity contribution in [2.75, 3.05) is 58.3 Å². The molecule has 1 atom stereocenters. The summed E-state index contributed by atoms with van der Waals surface area (Å²) in [5.41, 5.74) is 3.08. The summed E-state index contributed by atoms with van der Waals surface area (Å²) >= 11 is 0. The Morgan fingerprint density at radius 1 is 1.13 bits per heavy atom. The van der Waals surface area contributed by atoms with Gasteiger partial charge in [-0.05, 0) is 37.1 Å². The highest BCUT2D eigenvalue weighted by Crippen LogP contribution is 2.19. The predicted octanol–water partition coefficient (Wildman–Crippen LogP) is 0.891. The zero-order valence-corrected chi connectivity index (χ0v) is 18.7. The van der Waals surface area contributed by atoms with Gasteiger partial charge in [-0.15, -0.1) is 0 Å². The van der Waals surface area contributed by atoms with E-state index in [1.165, 1.54) is 4.90 Å². The summed E-state index contributed by atoms with van der Waals surface area (Å²) in [4.78, 5) is 16.0. The number of aliphatic hydroxyl groups is 1. The largest absolute Gasteiger partial charge is 0.497 e. The lowest BCUT2D eigenvalue weighted by Crippen LogP contribution is -3.15. The topological polar surface area (TPSA) is 75.5 Å². The van der Waals surface area contributed by atoms with Crippen LogP contribution in [0.3, 0.4) is 0 Å². The molecule has 7 nitrogen and oxygen atoms in total. The first kappa shape index (κ1) is 23.1. The fraction of sp³-hybridized carbons (Fsp3) is 0.458. The van der Waals surface area contributed by atoms with E-state index >= 15 is 0 Å². The van der Waals surface area contributed by atoms with E-state index in [4.69, 9.17) is 9.47 Å². The highest BCUT2D eigenvalue weighted by atomic mass is 16.5. The van der Waals surface area contributed by atoms with Crippen LogP contribution in [0.15, 0.2) is 42.5 Å². The summed E-state index contributed by atoms with van der Waals surface area (Å²) in [6.45, 7) is 8.74. The molecule has 7 heteroatoms. The fourth-order valence-electron chi connectivity index (χ4n) is 3.89. The monoisotopic (exact) mass is 428 g/mol. The van der Waals surface area contributed by atoms with Crippen molar-refractivity contribution in [3.63, 3.8) is 0 Å². The lowest BCUT2D eigenvalue weighted by molar-refractivity contribution is -0.896. The van der Waals surface area contributed by atoms with E-state index in [1.54, 1.807) is 13.2 Å². The molecular formula is C24H34N3O4+. The number of carbonyl (C=O) groups excluding carboxylic acids is 1. The van der Waals surface area contributed by atoms with Crippen LogP contribution < -0.4 is 19.7 Å². The molecule has 31 heavy (non-hydrogen) atoms. The quantitative estimate of drug-likeness (QED) is 0.553. The summed E-state index contributed by atoms with van der Waals surface area (Å²) < 4.78 is 10.9. The van der Waals surface area contributed by atoms with Crippen molar-refractivity contribution < 1.29 is 24.3 Å². The van der Waals surface area contributed by atoms with Gasteiger partial charge in [0.05, 0.1) is 20.2 Å². The molecule has 2 aromatic carbocycles. The second-order valence-corrected chi connectivity index (χ2v) is 8.19. The molecule has 2 aromatic rings. The van der Waals surface area contributed by atoms with E-state index in [2.05, 4.69) is 10.2 Å². The number of methoxy groups -OCH3 is 1. The van der Waals surface area contributed by atoms with E-state index in [0.717, 1.165) is 48.7 Å². The van der Waals surface area contributed by atoms with Crippen LogP contribution >= 0.6 is 0 Å².